The van der Waals surface area contributed by atoms with Crippen molar-refractivity contribution in [1.29, 1.82) is 0 Å². The molecular weight excluding hydrogens is 130 g/mol. The molecule has 0 aliphatic carbocycles. The van der Waals surface area contributed by atoms with Gasteiger partial charge in [-0.05, 0) is 0 Å². The lowest BCUT2D eigenvalue weighted by molar-refractivity contribution is 0.118. The molecule has 1 N–H and O–H groups in total. The van der Waals surface area contributed by atoms with Crippen molar-refractivity contribution in [3.05, 3.63) is 0 Å². The molecule has 0 amide bonds. The number of nitrogens with zero attached hydrogens (tertiary/aromatic N) is 1. The Balaban J connectivity index is 2.54. The van der Waals surface area contributed by atoms with Crippen LogP contribution >= 0.6 is 0 Å². The molecule has 58 valence electrons. The molecule has 0 aromatic rings. The van der Waals surface area contributed by atoms with E-state index in [2.05, 4.69) is 4.99 Å². The van der Waals surface area contributed by atoms with E-state index in [9.17, 15) is 0 Å². The van der Waals surface area contributed by atoms with E-state index in [1.807, 2.05) is 13.8 Å². The number of ether oxygens (including phenoxy) is 1. The molecule has 1 aliphatic rings. The highest BCUT2D eigenvalue weighted by molar-refractivity contribution is 5.49. The molecule has 0 aromatic carbocycles. The van der Waals surface area contributed by atoms with Crippen molar-refractivity contribution in [3.8, 4) is 0 Å². The summed E-state index contributed by atoms with van der Waals surface area (Å²) in [6.45, 7) is 4.71. The average Bonchev–Trinajstić information content (AvgIpc) is 2.38. The molecule has 0 aromatic heterocycles. The quantitative estimate of drug-likeness (QED) is 0.609. The Morgan fingerprint density at radius 1 is 1.80 bits per heavy atom. The summed E-state index contributed by atoms with van der Waals surface area (Å²) in [5, 5.41) is 8.93. The minimum atomic E-state index is -0.146. The van der Waals surface area contributed by atoms with Crippen LogP contribution in [0.1, 0.15) is 13.8 Å². The Bertz CT molecular complexity index is 143. The maximum Gasteiger partial charge on any atom is 0.169 e. The molecule has 1 heterocycles. The summed E-state index contributed by atoms with van der Waals surface area (Å²) in [5.41, 5.74) is -0.146. The summed E-state index contributed by atoms with van der Waals surface area (Å²) in [5.74, 6) is 0. The van der Waals surface area contributed by atoms with E-state index < -0.39 is 0 Å². The first-order valence-corrected chi connectivity index (χ1v) is 3.41. The van der Waals surface area contributed by atoms with Crippen molar-refractivity contribution in [2.75, 3.05) is 13.2 Å². The highest BCUT2D eigenvalue weighted by atomic mass is 16.5. The molecule has 0 fully saturated rings. The Hall–Kier alpha value is -0.570. The Morgan fingerprint density at radius 3 is 2.90 bits per heavy atom. The summed E-state index contributed by atoms with van der Waals surface area (Å²) in [6, 6.07) is 0.123. The number of aliphatic hydroxyl groups excluding tert-OH is 1. The first-order chi connectivity index (χ1) is 4.67. The number of aliphatic hydroxyl groups is 1. The summed E-state index contributed by atoms with van der Waals surface area (Å²) < 4.78 is 4.94. The van der Waals surface area contributed by atoms with Crippen LogP contribution in [0.4, 0.5) is 0 Å². The zero-order chi connectivity index (χ0) is 7.61. The van der Waals surface area contributed by atoms with Gasteiger partial charge in [-0.1, -0.05) is 13.8 Å². The predicted molar refractivity (Wildman–Crippen MR) is 39.1 cm³/mol. The standard InChI is InChI=1S/C7H13NO2/c1-7(2,4-9)6-3-10-5-8-6/h5-6,9H,3-4H2,1-2H3/t6-/m1/s1. The molecule has 0 saturated carbocycles. The third kappa shape index (κ3) is 1.29. The summed E-state index contributed by atoms with van der Waals surface area (Å²) in [6.07, 6.45) is 1.46. The third-order valence-corrected chi connectivity index (χ3v) is 1.88. The van der Waals surface area contributed by atoms with Crippen molar-refractivity contribution in [3.63, 3.8) is 0 Å². The minimum Gasteiger partial charge on any atom is -0.481 e. The first kappa shape index (κ1) is 7.54. The Labute approximate surface area is 60.7 Å². The van der Waals surface area contributed by atoms with Crippen molar-refractivity contribution < 1.29 is 9.84 Å². The van der Waals surface area contributed by atoms with E-state index in [1.54, 1.807) is 0 Å². The fourth-order valence-electron chi connectivity index (χ4n) is 0.826. The molecule has 3 nitrogen and oxygen atoms in total. The van der Waals surface area contributed by atoms with Gasteiger partial charge in [0, 0.05) is 5.41 Å². The molecule has 3 heteroatoms. The molecule has 0 unspecified atom stereocenters. The van der Waals surface area contributed by atoms with E-state index in [1.165, 1.54) is 6.40 Å². The first-order valence-electron chi connectivity index (χ1n) is 3.41. The van der Waals surface area contributed by atoms with Gasteiger partial charge in [-0.15, -0.1) is 0 Å². The van der Waals surface area contributed by atoms with E-state index in [4.69, 9.17) is 9.84 Å². The van der Waals surface area contributed by atoms with Gasteiger partial charge in [0.2, 0.25) is 0 Å². The lowest BCUT2D eigenvalue weighted by Gasteiger charge is -2.25. The smallest absolute Gasteiger partial charge is 0.169 e. The molecule has 0 bridgehead atoms. The second kappa shape index (κ2) is 2.58. The minimum absolute atomic E-state index is 0.123. The molecule has 0 spiro atoms. The fourth-order valence-corrected chi connectivity index (χ4v) is 0.826. The van der Waals surface area contributed by atoms with Gasteiger partial charge in [-0.3, -0.25) is 4.99 Å². The highest BCUT2D eigenvalue weighted by Crippen LogP contribution is 2.24. The van der Waals surface area contributed by atoms with Crippen LogP contribution in [0, 0.1) is 5.41 Å². The fraction of sp³-hybridized carbons (Fsp3) is 0.857. The summed E-state index contributed by atoms with van der Waals surface area (Å²) in [4.78, 5) is 4.07. The lowest BCUT2D eigenvalue weighted by atomic mass is 9.86. The van der Waals surface area contributed by atoms with Gasteiger partial charge in [-0.2, -0.15) is 0 Å². The Morgan fingerprint density at radius 2 is 2.50 bits per heavy atom. The zero-order valence-electron chi connectivity index (χ0n) is 6.37. The zero-order valence-corrected chi connectivity index (χ0v) is 6.37. The van der Waals surface area contributed by atoms with Gasteiger partial charge < -0.3 is 9.84 Å². The molecule has 1 rings (SSSR count). The normalized spacial score (nSPS) is 24.9. The second-order valence-electron chi connectivity index (χ2n) is 3.25. The molecule has 1 atom stereocenters. The second-order valence-corrected chi connectivity index (χ2v) is 3.25. The molecule has 10 heavy (non-hydrogen) atoms. The maximum absolute atomic E-state index is 8.93. The molecular formula is C7H13NO2. The number of aliphatic imine (C=N–C) groups is 1. The monoisotopic (exact) mass is 143 g/mol. The van der Waals surface area contributed by atoms with Crippen LogP contribution in [0.2, 0.25) is 0 Å². The SMILES string of the molecule is CC(C)(CO)[C@H]1COC=N1. The largest absolute Gasteiger partial charge is 0.481 e. The van der Waals surface area contributed by atoms with E-state index in [0.29, 0.717) is 6.61 Å². The van der Waals surface area contributed by atoms with Crippen LogP contribution < -0.4 is 0 Å². The van der Waals surface area contributed by atoms with Gasteiger partial charge in [0.1, 0.15) is 6.61 Å². The van der Waals surface area contributed by atoms with Crippen LogP contribution in [0.15, 0.2) is 4.99 Å². The van der Waals surface area contributed by atoms with Crippen molar-refractivity contribution in [2.24, 2.45) is 10.4 Å². The van der Waals surface area contributed by atoms with Crippen molar-refractivity contribution >= 4 is 6.40 Å². The van der Waals surface area contributed by atoms with Gasteiger partial charge in [0.05, 0.1) is 12.6 Å². The molecule has 0 saturated heterocycles. The lowest BCUT2D eigenvalue weighted by Crippen LogP contribution is -2.32. The topological polar surface area (TPSA) is 41.8 Å². The third-order valence-electron chi connectivity index (χ3n) is 1.88. The van der Waals surface area contributed by atoms with E-state index in [-0.39, 0.29) is 18.1 Å². The maximum atomic E-state index is 8.93. The van der Waals surface area contributed by atoms with Crippen molar-refractivity contribution in [1.82, 2.24) is 0 Å². The molecule has 1 aliphatic heterocycles. The van der Waals surface area contributed by atoms with E-state index in [0.717, 1.165) is 0 Å². The van der Waals surface area contributed by atoms with Crippen LogP contribution in [-0.4, -0.2) is 30.8 Å². The number of rotatable bonds is 2. The van der Waals surface area contributed by atoms with Crippen LogP contribution in [0.5, 0.6) is 0 Å². The van der Waals surface area contributed by atoms with E-state index >= 15 is 0 Å². The summed E-state index contributed by atoms with van der Waals surface area (Å²) in [7, 11) is 0. The number of hydrogen-bond donors (Lipinski definition) is 1. The summed E-state index contributed by atoms with van der Waals surface area (Å²) >= 11 is 0. The van der Waals surface area contributed by atoms with Gasteiger partial charge in [-0.25, -0.2) is 0 Å². The average molecular weight is 143 g/mol. The predicted octanol–water partition coefficient (Wildman–Crippen LogP) is 0.432. The highest BCUT2D eigenvalue weighted by Gasteiger charge is 2.30. The van der Waals surface area contributed by atoms with Gasteiger partial charge in [0.15, 0.2) is 6.40 Å². The Kier molecular flexibility index (Phi) is 1.94. The van der Waals surface area contributed by atoms with Crippen LogP contribution in [0.3, 0.4) is 0 Å². The van der Waals surface area contributed by atoms with Crippen LogP contribution in [0.25, 0.3) is 0 Å². The van der Waals surface area contributed by atoms with Crippen molar-refractivity contribution in [2.45, 2.75) is 19.9 Å². The van der Waals surface area contributed by atoms with Gasteiger partial charge in [0.25, 0.3) is 0 Å². The number of hydrogen-bond acceptors (Lipinski definition) is 3. The van der Waals surface area contributed by atoms with Gasteiger partial charge >= 0.3 is 0 Å². The van der Waals surface area contributed by atoms with Crippen LogP contribution in [-0.2, 0) is 4.74 Å². The molecule has 0 radical (unpaired) electrons.